The molecule has 1 nitrogen and oxygen atoms in total. The summed E-state index contributed by atoms with van der Waals surface area (Å²) in [6, 6.07) is 11.1. The lowest BCUT2D eigenvalue weighted by atomic mass is 10.2. The summed E-state index contributed by atoms with van der Waals surface area (Å²) in [6.45, 7) is -0.121. The zero-order chi connectivity index (χ0) is 13.0. The lowest BCUT2D eigenvalue weighted by molar-refractivity contribution is 0.292. The largest absolute Gasteiger partial charge is 0.489 e. The van der Waals surface area contributed by atoms with Crippen LogP contribution in [0.4, 0.5) is 8.78 Å². The first kappa shape index (κ1) is 13.0. The second kappa shape index (κ2) is 5.96. The van der Waals surface area contributed by atoms with Gasteiger partial charge in [-0.15, -0.1) is 0 Å². The van der Waals surface area contributed by atoms with Gasteiger partial charge in [0, 0.05) is 5.33 Å². The minimum Gasteiger partial charge on any atom is -0.489 e. The summed E-state index contributed by atoms with van der Waals surface area (Å²) in [5.74, 6) is -0.590. The Kier molecular flexibility index (Phi) is 4.31. The van der Waals surface area contributed by atoms with Crippen molar-refractivity contribution in [1.82, 2.24) is 0 Å². The number of alkyl halides is 1. The molecule has 0 heterocycles. The SMILES string of the molecule is Fc1cccc(F)c1COc1cccc(CBr)c1. The molecular formula is C14H11BrF2O. The number of hydrogen-bond acceptors (Lipinski definition) is 1. The minimum absolute atomic E-state index is 0.0539. The van der Waals surface area contributed by atoms with E-state index in [9.17, 15) is 8.78 Å². The van der Waals surface area contributed by atoms with Crippen molar-refractivity contribution < 1.29 is 13.5 Å². The molecule has 0 amide bonds. The van der Waals surface area contributed by atoms with Gasteiger partial charge in [0.15, 0.2) is 0 Å². The lowest BCUT2D eigenvalue weighted by Crippen LogP contribution is -2.01. The summed E-state index contributed by atoms with van der Waals surface area (Å²) in [6.07, 6.45) is 0. The van der Waals surface area contributed by atoms with Gasteiger partial charge in [0.25, 0.3) is 0 Å². The molecule has 0 atom stereocenters. The van der Waals surface area contributed by atoms with Crippen LogP contribution in [0.1, 0.15) is 11.1 Å². The average molecular weight is 313 g/mol. The summed E-state index contributed by atoms with van der Waals surface area (Å²) in [5, 5.41) is 0.707. The molecule has 0 aliphatic carbocycles. The van der Waals surface area contributed by atoms with Crippen LogP contribution >= 0.6 is 15.9 Å². The minimum atomic E-state index is -0.591. The van der Waals surface area contributed by atoms with Gasteiger partial charge in [-0.2, -0.15) is 0 Å². The second-order valence-corrected chi connectivity index (χ2v) is 4.33. The van der Waals surface area contributed by atoms with Crippen molar-refractivity contribution in [2.45, 2.75) is 11.9 Å². The van der Waals surface area contributed by atoms with E-state index in [4.69, 9.17) is 4.74 Å². The molecule has 0 spiro atoms. The zero-order valence-electron chi connectivity index (χ0n) is 9.50. The van der Waals surface area contributed by atoms with Crippen LogP contribution in [-0.2, 0) is 11.9 Å². The van der Waals surface area contributed by atoms with Gasteiger partial charge in [-0.3, -0.25) is 0 Å². The normalized spacial score (nSPS) is 10.4. The van der Waals surface area contributed by atoms with Crippen LogP contribution in [0.5, 0.6) is 5.75 Å². The Morgan fingerprint density at radius 2 is 1.67 bits per heavy atom. The fourth-order valence-electron chi connectivity index (χ4n) is 1.54. The van der Waals surface area contributed by atoms with E-state index in [1.807, 2.05) is 18.2 Å². The monoisotopic (exact) mass is 312 g/mol. The highest BCUT2D eigenvalue weighted by Gasteiger charge is 2.08. The van der Waals surface area contributed by atoms with Crippen molar-refractivity contribution in [2.24, 2.45) is 0 Å². The van der Waals surface area contributed by atoms with Gasteiger partial charge < -0.3 is 4.74 Å². The molecule has 4 heteroatoms. The first-order valence-electron chi connectivity index (χ1n) is 5.41. The molecule has 0 fully saturated rings. The van der Waals surface area contributed by atoms with Crippen LogP contribution < -0.4 is 4.74 Å². The third kappa shape index (κ3) is 3.07. The van der Waals surface area contributed by atoms with E-state index in [2.05, 4.69) is 15.9 Å². The van der Waals surface area contributed by atoms with Crippen molar-refractivity contribution in [2.75, 3.05) is 0 Å². The molecule has 2 aromatic carbocycles. The molecule has 18 heavy (non-hydrogen) atoms. The molecule has 0 aliphatic heterocycles. The van der Waals surface area contributed by atoms with Gasteiger partial charge in [0.05, 0.1) is 5.56 Å². The van der Waals surface area contributed by atoms with E-state index in [0.717, 1.165) is 5.56 Å². The Morgan fingerprint density at radius 1 is 1.00 bits per heavy atom. The second-order valence-electron chi connectivity index (χ2n) is 3.77. The molecular weight excluding hydrogens is 302 g/mol. The van der Waals surface area contributed by atoms with Gasteiger partial charge in [-0.05, 0) is 29.8 Å². The standard InChI is InChI=1S/C14H11BrF2O/c15-8-10-3-1-4-11(7-10)18-9-12-13(16)5-2-6-14(12)17/h1-7H,8-9H2. The lowest BCUT2D eigenvalue weighted by Gasteiger charge is -2.08. The highest BCUT2D eigenvalue weighted by molar-refractivity contribution is 9.08. The molecule has 0 bridgehead atoms. The molecule has 0 aliphatic rings. The van der Waals surface area contributed by atoms with Crippen LogP contribution in [0.25, 0.3) is 0 Å². The average Bonchev–Trinajstić information content (AvgIpc) is 2.38. The van der Waals surface area contributed by atoms with Crippen molar-refractivity contribution in [3.63, 3.8) is 0 Å². The first-order valence-corrected chi connectivity index (χ1v) is 6.53. The molecule has 2 rings (SSSR count). The van der Waals surface area contributed by atoms with E-state index in [-0.39, 0.29) is 12.2 Å². The van der Waals surface area contributed by atoms with Crippen molar-refractivity contribution in [3.05, 3.63) is 65.2 Å². The summed E-state index contributed by atoms with van der Waals surface area (Å²) >= 11 is 3.34. The van der Waals surface area contributed by atoms with Crippen LogP contribution in [0.3, 0.4) is 0 Å². The van der Waals surface area contributed by atoms with Gasteiger partial charge in [0.2, 0.25) is 0 Å². The third-order valence-corrected chi connectivity index (χ3v) is 3.15. The molecule has 2 aromatic rings. The number of benzene rings is 2. The summed E-state index contributed by atoms with van der Waals surface area (Å²) in [4.78, 5) is 0. The van der Waals surface area contributed by atoms with Gasteiger partial charge in [-0.25, -0.2) is 8.78 Å². The summed E-state index contributed by atoms with van der Waals surface area (Å²) < 4.78 is 32.1. The van der Waals surface area contributed by atoms with Gasteiger partial charge in [0.1, 0.15) is 24.0 Å². The Morgan fingerprint density at radius 3 is 2.33 bits per heavy atom. The predicted octanol–water partition coefficient (Wildman–Crippen LogP) is 4.44. The van der Waals surface area contributed by atoms with Gasteiger partial charge >= 0.3 is 0 Å². The molecule has 0 unspecified atom stereocenters. The fraction of sp³-hybridized carbons (Fsp3) is 0.143. The molecule has 0 saturated heterocycles. The zero-order valence-corrected chi connectivity index (χ0v) is 11.1. The molecule has 0 aromatic heterocycles. The molecule has 0 radical (unpaired) electrons. The van der Waals surface area contributed by atoms with Crippen LogP contribution in [0.15, 0.2) is 42.5 Å². The van der Waals surface area contributed by atoms with Crippen LogP contribution in [-0.4, -0.2) is 0 Å². The van der Waals surface area contributed by atoms with Crippen molar-refractivity contribution in [3.8, 4) is 5.75 Å². The maximum absolute atomic E-state index is 13.4. The van der Waals surface area contributed by atoms with E-state index in [1.165, 1.54) is 18.2 Å². The number of rotatable bonds is 4. The Balaban J connectivity index is 2.11. The van der Waals surface area contributed by atoms with Gasteiger partial charge in [-0.1, -0.05) is 34.1 Å². The Bertz CT molecular complexity index is 523. The first-order chi connectivity index (χ1) is 8.70. The van der Waals surface area contributed by atoms with E-state index < -0.39 is 11.6 Å². The predicted molar refractivity (Wildman–Crippen MR) is 69.8 cm³/mol. The molecule has 0 saturated carbocycles. The number of halogens is 3. The number of ether oxygens (including phenoxy) is 1. The fourth-order valence-corrected chi connectivity index (χ4v) is 1.89. The maximum atomic E-state index is 13.4. The Labute approximate surface area is 113 Å². The summed E-state index contributed by atoms with van der Waals surface area (Å²) in [7, 11) is 0. The molecule has 0 N–H and O–H groups in total. The maximum Gasteiger partial charge on any atom is 0.132 e. The van der Waals surface area contributed by atoms with E-state index in [1.54, 1.807) is 6.07 Å². The van der Waals surface area contributed by atoms with Crippen LogP contribution in [0.2, 0.25) is 0 Å². The topological polar surface area (TPSA) is 9.23 Å². The van der Waals surface area contributed by atoms with E-state index >= 15 is 0 Å². The number of hydrogen-bond donors (Lipinski definition) is 0. The highest BCUT2D eigenvalue weighted by atomic mass is 79.9. The van der Waals surface area contributed by atoms with Crippen molar-refractivity contribution >= 4 is 15.9 Å². The Hall–Kier alpha value is -1.42. The highest BCUT2D eigenvalue weighted by Crippen LogP contribution is 2.19. The van der Waals surface area contributed by atoms with Crippen LogP contribution in [0, 0.1) is 11.6 Å². The smallest absolute Gasteiger partial charge is 0.132 e. The summed E-state index contributed by atoms with van der Waals surface area (Å²) in [5.41, 5.74) is 0.989. The third-order valence-electron chi connectivity index (χ3n) is 2.50. The molecule has 94 valence electrons. The van der Waals surface area contributed by atoms with Crippen molar-refractivity contribution in [1.29, 1.82) is 0 Å². The quantitative estimate of drug-likeness (QED) is 0.758. The van der Waals surface area contributed by atoms with E-state index in [0.29, 0.717) is 11.1 Å².